The van der Waals surface area contributed by atoms with Crippen LogP contribution >= 0.6 is 0 Å². The molecule has 0 saturated heterocycles. The lowest BCUT2D eigenvalue weighted by molar-refractivity contribution is -0.136. The number of unbranched alkanes of at least 4 members (excludes halogenated alkanes) is 3. The van der Waals surface area contributed by atoms with E-state index in [0.717, 1.165) is 0 Å². The second-order valence-electron chi connectivity index (χ2n) is 13.3. The van der Waals surface area contributed by atoms with E-state index in [2.05, 4.69) is 16.0 Å². The maximum Gasteiger partial charge on any atom is 0.226 e. The molecule has 0 rings (SSSR count). The SMILES string of the molecule is CCC(=O)CCC(=O)NCC(=O)C[C@@H](CO)C(=O)N[C@@H](CCCCN)C(=O)C[C@@H](CCCCN)C(=O)N[C@@H](CCCCN)C(=O)C[C@@H](C)C(C)=O. The van der Waals surface area contributed by atoms with Crippen LogP contribution in [0.3, 0.4) is 0 Å². The Kier molecular flexibility index (Phi) is 26.3. The standard InChI is InChI=1S/C36H64N6O9/c1-4-28(45)14-15-34(49)40-22-29(46)20-27(23-43)36(51)42-31(13-7-10-18-39)33(48)21-26(11-5-8-16-37)35(50)41-30(12-6-9-17-38)32(47)19-24(2)25(3)44/h24,26-27,30-31,43H,4-23,37-39H2,1-3H3,(H,40,49)(H,41,50)(H,42,51)/t24-,26-,27+,30+,31+/m1/s1. The molecule has 0 aromatic carbocycles. The van der Waals surface area contributed by atoms with Crippen molar-refractivity contribution >= 4 is 46.6 Å². The number of aliphatic hydroxyl groups excluding tert-OH is 1. The fraction of sp³-hybridized carbons (Fsp3) is 0.778. The number of hydrogen-bond acceptors (Lipinski definition) is 12. The van der Waals surface area contributed by atoms with E-state index in [-0.39, 0.29) is 56.0 Å². The highest BCUT2D eigenvalue weighted by Crippen LogP contribution is 2.19. The Balaban J connectivity index is 5.82. The molecular weight excluding hydrogens is 660 g/mol. The van der Waals surface area contributed by atoms with Crippen molar-refractivity contribution in [3.63, 3.8) is 0 Å². The van der Waals surface area contributed by atoms with Gasteiger partial charge in [-0.2, -0.15) is 0 Å². The van der Waals surface area contributed by atoms with Crippen LogP contribution in [0.25, 0.3) is 0 Å². The van der Waals surface area contributed by atoms with E-state index in [1.807, 2.05) is 0 Å². The molecule has 0 fully saturated rings. The van der Waals surface area contributed by atoms with Gasteiger partial charge in [-0.25, -0.2) is 0 Å². The molecule has 10 N–H and O–H groups in total. The zero-order valence-electron chi connectivity index (χ0n) is 31.0. The zero-order valence-corrected chi connectivity index (χ0v) is 31.0. The van der Waals surface area contributed by atoms with Gasteiger partial charge in [0.1, 0.15) is 11.6 Å². The number of Topliss-reactive ketones (excluding diaryl/α,β-unsaturated/α-hetero) is 5. The number of ketones is 5. The number of nitrogens with one attached hydrogen (secondary N) is 3. The zero-order chi connectivity index (χ0) is 38.8. The summed E-state index contributed by atoms with van der Waals surface area (Å²) in [6, 6.07) is -1.89. The van der Waals surface area contributed by atoms with E-state index in [9.17, 15) is 43.5 Å². The maximum atomic E-state index is 13.7. The lowest BCUT2D eigenvalue weighted by Crippen LogP contribution is -2.48. The van der Waals surface area contributed by atoms with E-state index >= 15 is 0 Å². The summed E-state index contributed by atoms with van der Waals surface area (Å²) in [4.78, 5) is 102. The molecule has 5 atom stereocenters. The van der Waals surface area contributed by atoms with Crippen molar-refractivity contribution in [1.29, 1.82) is 0 Å². The third-order valence-corrected chi connectivity index (χ3v) is 8.90. The number of aliphatic hydroxyl groups is 1. The summed E-state index contributed by atoms with van der Waals surface area (Å²) in [5.74, 6) is -5.69. The van der Waals surface area contributed by atoms with Crippen molar-refractivity contribution in [3.8, 4) is 0 Å². The number of rotatable bonds is 32. The first-order valence-electron chi connectivity index (χ1n) is 18.4. The van der Waals surface area contributed by atoms with Crippen LogP contribution in [0, 0.1) is 17.8 Å². The topological polar surface area (TPSA) is 271 Å². The molecule has 292 valence electrons. The molecule has 0 unspecified atom stereocenters. The molecular formula is C36H64N6O9. The Bertz CT molecular complexity index is 1130. The average molecular weight is 725 g/mol. The van der Waals surface area contributed by atoms with Crippen molar-refractivity contribution in [2.45, 2.75) is 129 Å². The fourth-order valence-corrected chi connectivity index (χ4v) is 5.33. The largest absolute Gasteiger partial charge is 0.396 e. The van der Waals surface area contributed by atoms with Gasteiger partial charge < -0.3 is 38.3 Å². The highest BCUT2D eigenvalue weighted by atomic mass is 16.3. The third kappa shape index (κ3) is 21.5. The van der Waals surface area contributed by atoms with Crippen LogP contribution in [0.4, 0.5) is 0 Å². The van der Waals surface area contributed by atoms with Crippen molar-refractivity contribution in [2.24, 2.45) is 35.0 Å². The molecule has 15 heteroatoms. The second kappa shape index (κ2) is 28.2. The quantitative estimate of drug-likeness (QED) is 0.0469. The summed E-state index contributed by atoms with van der Waals surface area (Å²) < 4.78 is 0. The van der Waals surface area contributed by atoms with Crippen LogP contribution < -0.4 is 33.2 Å². The summed E-state index contributed by atoms with van der Waals surface area (Å²) in [6.07, 6.45) is 3.88. The molecule has 3 amide bonds. The van der Waals surface area contributed by atoms with Gasteiger partial charge in [-0.15, -0.1) is 0 Å². The number of nitrogens with two attached hydrogens (primary N) is 3. The summed E-state index contributed by atoms with van der Waals surface area (Å²) >= 11 is 0. The average Bonchev–Trinajstić information content (AvgIpc) is 3.10. The van der Waals surface area contributed by atoms with Crippen LogP contribution in [0.15, 0.2) is 0 Å². The van der Waals surface area contributed by atoms with Crippen LogP contribution in [-0.2, 0) is 38.4 Å². The Hall–Kier alpha value is -3.40. The van der Waals surface area contributed by atoms with Crippen molar-refractivity contribution in [1.82, 2.24) is 16.0 Å². The van der Waals surface area contributed by atoms with Crippen molar-refractivity contribution in [2.75, 3.05) is 32.8 Å². The number of carbonyl (C=O) groups is 8. The Morgan fingerprint density at radius 1 is 0.627 bits per heavy atom. The molecule has 0 aromatic heterocycles. The maximum absolute atomic E-state index is 13.7. The fourth-order valence-electron chi connectivity index (χ4n) is 5.33. The second-order valence-corrected chi connectivity index (χ2v) is 13.3. The van der Waals surface area contributed by atoms with Crippen LogP contribution in [-0.4, -0.2) is 96.6 Å². The monoisotopic (exact) mass is 724 g/mol. The van der Waals surface area contributed by atoms with Gasteiger partial charge in [-0.3, -0.25) is 38.4 Å². The van der Waals surface area contributed by atoms with Gasteiger partial charge in [-0.05, 0) is 77.9 Å². The lowest BCUT2D eigenvalue weighted by atomic mass is 9.89. The number of carbonyl (C=O) groups excluding carboxylic acids is 8. The first-order valence-corrected chi connectivity index (χ1v) is 18.4. The van der Waals surface area contributed by atoms with E-state index in [1.54, 1.807) is 13.8 Å². The molecule has 0 bridgehead atoms. The summed E-state index contributed by atoms with van der Waals surface area (Å²) in [6.45, 7) is 4.82. The van der Waals surface area contributed by atoms with E-state index in [1.165, 1.54) is 6.92 Å². The normalized spacial score (nSPS) is 14.0. The van der Waals surface area contributed by atoms with Gasteiger partial charge in [0.2, 0.25) is 17.7 Å². The number of amides is 3. The van der Waals surface area contributed by atoms with Crippen molar-refractivity contribution in [3.05, 3.63) is 0 Å². The molecule has 0 radical (unpaired) electrons. The molecule has 0 aliphatic rings. The highest BCUT2D eigenvalue weighted by Gasteiger charge is 2.32. The van der Waals surface area contributed by atoms with Gasteiger partial charge in [0, 0.05) is 50.4 Å². The summed E-state index contributed by atoms with van der Waals surface area (Å²) in [7, 11) is 0. The molecule has 0 aromatic rings. The molecule has 0 aliphatic heterocycles. The van der Waals surface area contributed by atoms with Gasteiger partial charge in [0.05, 0.1) is 31.2 Å². The minimum Gasteiger partial charge on any atom is -0.396 e. The van der Waals surface area contributed by atoms with Gasteiger partial charge in [-0.1, -0.05) is 20.3 Å². The molecule has 0 spiro atoms. The Labute approximate surface area is 302 Å². The lowest BCUT2D eigenvalue weighted by Gasteiger charge is -2.25. The summed E-state index contributed by atoms with van der Waals surface area (Å²) in [5, 5.41) is 17.8. The van der Waals surface area contributed by atoms with Gasteiger partial charge in [0.25, 0.3) is 0 Å². The van der Waals surface area contributed by atoms with Crippen LogP contribution in [0.2, 0.25) is 0 Å². The Morgan fingerprint density at radius 3 is 1.59 bits per heavy atom. The molecule has 0 aliphatic carbocycles. The van der Waals surface area contributed by atoms with E-state index < -0.39 is 72.2 Å². The van der Waals surface area contributed by atoms with Crippen molar-refractivity contribution < 1.29 is 43.5 Å². The molecule has 15 nitrogen and oxygen atoms in total. The first kappa shape index (κ1) is 47.6. The van der Waals surface area contributed by atoms with Crippen LogP contribution in [0.1, 0.15) is 117 Å². The first-order chi connectivity index (χ1) is 24.2. The summed E-state index contributed by atoms with van der Waals surface area (Å²) in [5.41, 5.74) is 17.0. The van der Waals surface area contributed by atoms with Gasteiger partial charge >= 0.3 is 0 Å². The molecule has 51 heavy (non-hydrogen) atoms. The third-order valence-electron chi connectivity index (χ3n) is 8.90. The van der Waals surface area contributed by atoms with E-state index in [4.69, 9.17) is 17.2 Å². The van der Waals surface area contributed by atoms with Crippen LogP contribution in [0.5, 0.6) is 0 Å². The molecule has 0 heterocycles. The predicted octanol–water partition coefficient (Wildman–Crippen LogP) is 0.546. The Morgan fingerprint density at radius 2 is 1.12 bits per heavy atom. The molecule has 0 saturated carbocycles. The van der Waals surface area contributed by atoms with E-state index in [0.29, 0.717) is 77.4 Å². The minimum absolute atomic E-state index is 0.0320. The highest BCUT2D eigenvalue weighted by molar-refractivity contribution is 5.96. The minimum atomic E-state index is -1.19. The predicted molar refractivity (Wildman–Crippen MR) is 193 cm³/mol. The smallest absolute Gasteiger partial charge is 0.226 e. The number of hydrogen-bond donors (Lipinski definition) is 7. The van der Waals surface area contributed by atoms with Gasteiger partial charge in [0.15, 0.2) is 17.3 Å².